The van der Waals surface area contributed by atoms with Crippen molar-refractivity contribution in [3.63, 3.8) is 0 Å². The van der Waals surface area contributed by atoms with Crippen molar-refractivity contribution < 1.29 is 9.90 Å². The molecular weight excluding hydrogens is 184 g/mol. The van der Waals surface area contributed by atoms with Crippen LogP contribution in [0.4, 0.5) is 0 Å². The van der Waals surface area contributed by atoms with Crippen LogP contribution in [0.2, 0.25) is 0 Å². The highest BCUT2D eigenvalue weighted by Crippen LogP contribution is 2.27. The molecule has 0 radical (unpaired) electrons. The first-order valence-electron chi connectivity index (χ1n) is 5.12. The molecule has 1 fully saturated rings. The first kappa shape index (κ1) is 10.9. The van der Waals surface area contributed by atoms with Crippen LogP contribution >= 0.6 is 12.6 Å². The van der Waals surface area contributed by atoms with Crippen LogP contribution in [0.5, 0.6) is 0 Å². The quantitative estimate of drug-likeness (QED) is 0.676. The molecule has 1 N–H and O–H groups in total. The van der Waals surface area contributed by atoms with E-state index in [0.29, 0.717) is 5.92 Å². The van der Waals surface area contributed by atoms with Gasteiger partial charge in [0.15, 0.2) is 0 Å². The monoisotopic (exact) mass is 202 g/mol. The van der Waals surface area contributed by atoms with Gasteiger partial charge < -0.3 is 5.11 Å². The van der Waals surface area contributed by atoms with E-state index in [0.717, 1.165) is 12.8 Å². The average molecular weight is 202 g/mol. The number of hydrogen-bond donors (Lipinski definition) is 2. The molecule has 1 aliphatic carbocycles. The third-order valence-electron chi connectivity index (χ3n) is 2.85. The van der Waals surface area contributed by atoms with Gasteiger partial charge in [0.1, 0.15) is 5.25 Å². The van der Waals surface area contributed by atoms with Gasteiger partial charge in [-0.15, -0.1) is 0 Å². The van der Waals surface area contributed by atoms with Crippen LogP contribution in [-0.2, 0) is 4.79 Å². The lowest BCUT2D eigenvalue weighted by Crippen LogP contribution is -2.24. The normalized spacial score (nSPS) is 23.2. The summed E-state index contributed by atoms with van der Waals surface area (Å²) < 4.78 is 0. The fourth-order valence-corrected chi connectivity index (χ4v) is 2.30. The Balaban J connectivity index is 2.40. The van der Waals surface area contributed by atoms with Gasteiger partial charge in [-0.25, -0.2) is 0 Å². The molecule has 3 heteroatoms. The van der Waals surface area contributed by atoms with Crippen molar-refractivity contribution in [2.45, 2.75) is 50.2 Å². The van der Waals surface area contributed by atoms with Crippen LogP contribution in [0, 0.1) is 5.92 Å². The molecule has 0 saturated heterocycles. The van der Waals surface area contributed by atoms with Crippen molar-refractivity contribution in [2.75, 3.05) is 0 Å². The Morgan fingerprint density at radius 3 is 2.08 bits per heavy atom. The van der Waals surface area contributed by atoms with Gasteiger partial charge >= 0.3 is 5.97 Å². The minimum absolute atomic E-state index is 0.293. The lowest BCUT2D eigenvalue weighted by molar-refractivity contribution is -0.137. The second-order valence-corrected chi connectivity index (χ2v) is 4.44. The summed E-state index contributed by atoms with van der Waals surface area (Å²) >= 11 is 4.15. The van der Waals surface area contributed by atoms with E-state index in [1.54, 1.807) is 0 Å². The van der Waals surface area contributed by atoms with Gasteiger partial charge in [-0.3, -0.25) is 4.79 Å². The fraction of sp³-hybridized carbons (Fsp3) is 0.900. The van der Waals surface area contributed by atoms with Crippen LogP contribution in [0.15, 0.2) is 0 Å². The summed E-state index contributed by atoms with van der Waals surface area (Å²) in [6, 6.07) is 0. The standard InChI is InChI=1S/C10H18O2S/c11-10(12)9(13)8-6-4-2-1-3-5-7-8/h8-9,13H,1-7H2,(H,11,12). The van der Waals surface area contributed by atoms with Crippen LogP contribution in [0.3, 0.4) is 0 Å². The number of aliphatic carboxylic acids is 1. The Bertz CT molecular complexity index is 162. The summed E-state index contributed by atoms with van der Waals surface area (Å²) in [5.74, 6) is -0.463. The van der Waals surface area contributed by atoms with E-state index in [4.69, 9.17) is 5.11 Å². The zero-order valence-electron chi connectivity index (χ0n) is 7.91. The van der Waals surface area contributed by atoms with E-state index in [-0.39, 0.29) is 0 Å². The second-order valence-electron chi connectivity index (χ2n) is 3.89. The van der Waals surface area contributed by atoms with Crippen molar-refractivity contribution in [1.29, 1.82) is 0 Å². The lowest BCUT2D eigenvalue weighted by atomic mass is 9.88. The highest BCUT2D eigenvalue weighted by Gasteiger charge is 2.24. The molecule has 1 aliphatic rings. The van der Waals surface area contributed by atoms with Crippen molar-refractivity contribution in [3.05, 3.63) is 0 Å². The first-order chi connectivity index (χ1) is 6.22. The third-order valence-corrected chi connectivity index (χ3v) is 3.49. The fourth-order valence-electron chi connectivity index (χ4n) is 2.01. The van der Waals surface area contributed by atoms with E-state index in [9.17, 15) is 4.79 Å². The molecule has 1 atom stereocenters. The molecule has 0 aromatic heterocycles. The van der Waals surface area contributed by atoms with Gasteiger partial charge in [0.2, 0.25) is 0 Å². The van der Waals surface area contributed by atoms with Gasteiger partial charge in [-0.1, -0.05) is 32.1 Å². The zero-order chi connectivity index (χ0) is 9.68. The summed E-state index contributed by atoms with van der Waals surface area (Å²) in [6.45, 7) is 0. The van der Waals surface area contributed by atoms with Gasteiger partial charge in [0, 0.05) is 0 Å². The molecule has 0 amide bonds. The summed E-state index contributed by atoms with van der Waals surface area (Å²) in [7, 11) is 0. The van der Waals surface area contributed by atoms with Gasteiger partial charge in [-0.2, -0.15) is 12.6 Å². The minimum Gasteiger partial charge on any atom is -0.480 e. The van der Waals surface area contributed by atoms with Crippen LogP contribution in [0.25, 0.3) is 0 Å². The predicted octanol–water partition coefficient (Wildman–Crippen LogP) is 2.73. The molecule has 13 heavy (non-hydrogen) atoms. The third kappa shape index (κ3) is 3.59. The van der Waals surface area contributed by atoms with E-state index in [1.165, 1.54) is 32.1 Å². The SMILES string of the molecule is O=C(O)C(S)C1CCCCCCC1. The Hall–Kier alpha value is -0.180. The number of thiol groups is 1. The maximum Gasteiger partial charge on any atom is 0.316 e. The number of hydrogen-bond acceptors (Lipinski definition) is 2. The van der Waals surface area contributed by atoms with Gasteiger partial charge in [-0.05, 0) is 18.8 Å². The number of carboxylic acids is 1. The van der Waals surface area contributed by atoms with Crippen molar-refractivity contribution >= 4 is 18.6 Å². The van der Waals surface area contributed by atoms with E-state index in [1.807, 2.05) is 0 Å². The zero-order valence-corrected chi connectivity index (χ0v) is 8.80. The van der Waals surface area contributed by atoms with E-state index in [2.05, 4.69) is 12.6 Å². The number of carboxylic acid groups (broad SMARTS) is 1. The van der Waals surface area contributed by atoms with Crippen molar-refractivity contribution in [3.8, 4) is 0 Å². The average Bonchev–Trinajstić information content (AvgIpc) is 2.02. The molecule has 0 bridgehead atoms. The molecule has 76 valence electrons. The molecule has 1 unspecified atom stereocenters. The predicted molar refractivity (Wildman–Crippen MR) is 56.2 cm³/mol. The summed E-state index contributed by atoms with van der Waals surface area (Å²) in [5.41, 5.74) is 0. The van der Waals surface area contributed by atoms with Crippen LogP contribution in [0.1, 0.15) is 44.9 Å². The largest absolute Gasteiger partial charge is 0.480 e. The Morgan fingerprint density at radius 1 is 1.15 bits per heavy atom. The second kappa shape index (κ2) is 5.53. The highest BCUT2D eigenvalue weighted by atomic mass is 32.1. The minimum atomic E-state index is -0.756. The molecule has 0 aliphatic heterocycles. The number of carbonyl (C=O) groups is 1. The van der Waals surface area contributed by atoms with Crippen molar-refractivity contribution in [2.24, 2.45) is 5.92 Å². The summed E-state index contributed by atoms with van der Waals surface area (Å²) in [4.78, 5) is 10.7. The topological polar surface area (TPSA) is 37.3 Å². The maximum atomic E-state index is 10.7. The molecule has 0 aromatic rings. The molecule has 2 nitrogen and oxygen atoms in total. The molecule has 0 heterocycles. The molecule has 1 saturated carbocycles. The van der Waals surface area contributed by atoms with Crippen molar-refractivity contribution in [1.82, 2.24) is 0 Å². The van der Waals surface area contributed by atoms with Crippen LogP contribution in [-0.4, -0.2) is 16.3 Å². The number of rotatable bonds is 2. The molecular formula is C10H18O2S. The first-order valence-corrected chi connectivity index (χ1v) is 5.64. The van der Waals surface area contributed by atoms with E-state index < -0.39 is 11.2 Å². The molecule has 0 spiro atoms. The van der Waals surface area contributed by atoms with Gasteiger partial charge in [0.05, 0.1) is 0 Å². The summed E-state index contributed by atoms with van der Waals surface area (Å²) in [5, 5.41) is 8.37. The Labute approximate surface area is 85.1 Å². The maximum absolute atomic E-state index is 10.7. The van der Waals surface area contributed by atoms with E-state index >= 15 is 0 Å². The highest BCUT2D eigenvalue weighted by molar-refractivity contribution is 7.81. The Kier molecular flexibility index (Phi) is 4.64. The van der Waals surface area contributed by atoms with Crippen LogP contribution < -0.4 is 0 Å². The van der Waals surface area contributed by atoms with Gasteiger partial charge in [0.25, 0.3) is 0 Å². The molecule has 0 aromatic carbocycles. The lowest BCUT2D eigenvalue weighted by Gasteiger charge is -2.22. The summed E-state index contributed by atoms with van der Waals surface area (Å²) in [6.07, 6.45) is 8.27. The smallest absolute Gasteiger partial charge is 0.316 e. The Morgan fingerprint density at radius 2 is 1.62 bits per heavy atom. The molecule has 1 rings (SSSR count).